The Balaban J connectivity index is 1.61. The molecule has 1 unspecified atom stereocenters. The number of hydrogen-bond acceptors (Lipinski definition) is 5. The van der Waals surface area contributed by atoms with E-state index in [9.17, 15) is 4.79 Å². The van der Waals surface area contributed by atoms with Crippen molar-refractivity contribution in [3.05, 3.63) is 41.9 Å². The number of hydrogen-bond donors (Lipinski definition) is 0. The smallest absolute Gasteiger partial charge is 0.292 e. The molecule has 2 aromatic heterocycles. The Morgan fingerprint density at radius 3 is 3.10 bits per heavy atom. The second-order valence-corrected chi connectivity index (χ2v) is 4.77. The topological polar surface area (TPSA) is 68.5 Å². The van der Waals surface area contributed by atoms with Gasteiger partial charge in [0, 0.05) is 30.8 Å². The van der Waals surface area contributed by atoms with Gasteiger partial charge in [0.15, 0.2) is 0 Å². The van der Waals surface area contributed by atoms with E-state index in [1.807, 2.05) is 25.1 Å². The summed E-state index contributed by atoms with van der Waals surface area (Å²) in [5, 5.41) is 3.55. The van der Waals surface area contributed by atoms with Crippen molar-refractivity contribution in [1.29, 1.82) is 0 Å². The van der Waals surface area contributed by atoms with Crippen LogP contribution in [0.5, 0.6) is 5.88 Å². The Labute approximate surface area is 116 Å². The fourth-order valence-electron chi connectivity index (χ4n) is 2.25. The number of aromatic nitrogens is 2. The Morgan fingerprint density at radius 1 is 1.45 bits per heavy atom. The molecule has 0 saturated carbocycles. The van der Waals surface area contributed by atoms with Crippen LogP contribution in [0.3, 0.4) is 0 Å². The van der Waals surface area contributed by atoms with E-state index in [1.54, 1.807) is 11.0 Å². The Morgan fingerprint density at radius 2 is 2.35 bits per heavy atom. The van der Waals surface area contributed by atoms with Gasteiger partial charge in [-0.15, -0.1) is 0 Å². The molecule has 1 aliphatic rings. The summed E-state index contributed by atoms with van der Waals surface area (Å²) < 4.78 is 10.7. The molecule has 3 heterocycles. The number of rotatable bonds is 3. The van der Waals surface area contributed by atoms with Crippen LogP contribution in [0.15, 0.2) is 35.0 Å². The van der Waals surface area contributed by atoms with Gasteiger partial charge in [0.05, 0.1) is 12.7 Å². The molecule has 1 amide bonds. The highest BCUT2D eigenvalue weighted by Gasteiger charge is 2.30. The van der Waals surface area contributed by atoms with Crippen LogP contribution < -0.4 is 4.74 Å². The Kier molecular flexibility index (Phi) is 3.37. The summed E-state index contributed by atoms with van der Waals surface area (Å²) in [5.74, 6) is 0.717. The highest BCUT2D eigenvalue weighted by atomic mass is 16.5. The zero-order valence-corrected chi connectivity index (χ0v) is 11.2. The van der Waals surface area contributed by atoms with Crippen molar-refractivity contribution in [3.8, 4) is 5.88 Å². The van der Waals surface area contributed by atoms with Gasteiger partial charge >= 0.3 is 0 Å². The summed E-state index contributed by atoms with van der Waals surface area (Å²) in [4.78, 5) is 18.1. The third-order valence-electron chi connectivity index (χ3n) is 3.23. The van der Waals surface area contributed by atoms with E-state index >= 15 is 0 Å². The maximum atomic E-state index is 12.1. The van der Waals surface area contributed by atoms with E-state index in [2.05, 4.69) is 10.1 Å². The summed E-state index contributed by atoms with van der Waals surface area (Å²) >= 11 is 0. The zero-order valence-electron chi connectivity index (χ0n) is 11.2. The maximum Gasteiger partial charge on any atom is 0.292 e. The van der Waals surface area contributed by atoms with Crippen molar-refractivity contribution < 1.29 is 14.1 Å². The van der Waals surface area contributed by atoms with Gasteiger partial charge in [0.2, 0.25) is 11.6 Å². The van der Waals surface area contributed by atoms with E-state index in [-0.39, 0.29) is 17.8 Å². The molecule has 0 aliphatic carbocycles. The number of likely N-dealkylation sites (tertiary alicyclic amines) is 1. The molecule has 2 aromatic rings. The van der Waals surface area contributed by atoms with Gasteiger partial charge in [-0.3, -0.25) is 4.79 Å². The monoisotopic (exact) mass is 273 g/mol. The lowest BCUT2D eigenvalue weighted by Crippen LogP contribution is -2.30. The highest BCUT2D eigenvalue weighted by molar-refractivity contribution is 5.91. The first kappa shape index (κ1) is 12.7. The normalized spacial score (nSPS) is 18.2. The van der Waals surface area contributed by atoms with Crippen LogP contribution in [0.4, 0.5) is 0 Å². The molecule has 0 radical (unpaired) electrons. The Hall–Kier alpha value is -2.37. The lowest BCUT2D eigenvalue weighted by atomic mass is 10.3. The van der Waals surface area contributed by atoms with E-state index in [0.717, 1.165) is 12.1 Å². The van der Waals surface area contributed by atoms with Gasteiger partial charge in [-0.2, -0.15) is 0 Å². The molecule has 0 spiro atoms. The first-order valence-electron chi connectivity index (χ1n) is 6.52. The molecule has 1 atom stereocenters. The third-order valence-corrected chi connectivity index (χ3v) is 3.23. The van der Waals surface area contributed by atoms with E-state index < -0.39 is 0 Å². The van der Waals surface area contributed by atoms with Crippen molar-refractivity contribution in [2.24, 2.45) is 0 Å². The maximum absolute atomic E-state index is 12.1. The van der Waals surface area contributed by atoms with Crippen molar-refractivity contribution in [3.63, 3.8) is 0 Å². The third kappa shape index (κ3) is 2.64. The van der Waals surface area contributed by atoms with Crippen molar-refractivity contribution in [2.45, 2.75) is 19.4 Å². The molecule has 3 rings (SSSR count). The van der Waals surface area contributed by atoms with E-state index in [0.29, 0.717) is 19.0 Å². The SMILES string of the molecule is Cc1cccc(OC2CCN(C(=O)c3ccno3)C2)n1. The van der Waals surface area contributed by atoms with Crippen LogP contribution >= 0.6 is 0 Å². The average molecular weight is 273 g/mol. The van der Waals surface area contributed by atoms with Crippen LogP contribution in [0, 0.1) is 6.92 Å². The lowest BCUT2D eigenvalue weighted by Gasteiger charge is -2.15. The average Bonchev–Trinajstić information content (AvgIpc) is 3.09. The molecule has 0 bridgehead atoms. The fourth-order valence-corrected chi connectivity index (χ4v) is 2.25. The quantitative estimate of drug-likeness (QED) is 0.851. The molecule has 6 heteroatoms. The van der Waals surface area contributed by atoms with Crippen LogP contribution in [-0.2, 0) is 0 Å². The van der Waals surface area contributed by atoms with Gasteiger partial charge in [-0.1, -0.05) is 11.2 Å². The molecule has 0 N–H and O–H groups in total. The number of pyridine rings is 1. The second kappa shape index (κ2) is 5.32. The summed E-state index contributed by atoms with van der Waals surface area (Å²) in [6.07, 6.45) is 2.22. The molecule has 6 nitrogen and oxygen atoms in total. The van der Waals surface area contributed by atoms with Gasteiger partial charge in [-0.25, -0.2) is 4.98 Å². The summed E-state index contributed by atoms with van der Waals surface area (Å²) in [6, 6.07) is 7.22. The van der Waals surface area contributed by atoms with Crippen LogP contribution in [0.2, 0.25) is 0 Å². The van der Waals surface area contributed by atoms with Gasteiger partial charge in [0.25, 0.3) is 5.91 Å². The fraction of sp³-hybridized carbons (Fsp3) is 0.357. The van der Waals surface area contributed by atoms with Crippen molar-refractivity contribution in [2.75, 3.05) is 13.1 Å². The van der Waals surface area contributed by atoms with Crippen LogP contribution in [-0.4, -0.2) is 40.1 Å². The Bertz CT molecular complexity index is 597. The second-order valence-electron chi connectivity index (χ2n) is 4.77. The molecule has 0 aromatic carbocycles. The number of ether oxygens (including phenoxy) is 1. The standard InChI is InChI=1S/C14H15N3O3/c1-10-3-2-4-13(16-10)19-11-6-8-17(9-11)14(18)12-5-7-15-20-12/h2-5,7,11H,6,8-9H2,1H3. The number of aryl methyl sites for hydroxylation is 1. The summed E-state index contributed by atoms with van der Waals surface area (Å²) in [7, 11) is 0. The summed E-state index contributed by atoms with van der Waals surface area (Å²) in [6.45, 7) is 3.10. The molecular formula is C14H15N3O3. The molecular weight excluding hydrogens is 258 g/mol. The van der Waals surface area contributed by atoms with Crippen LogP contribution in [0.1, 0.15) is 22.7 Å². The van der Waals surface area contributed by atoms with Gasteiger partial charge < -0.3 is 14.2 Å². The number of carbonyl (C=O) groups is 1. The minimum absolute atomic E-state index is 0.0313. The minimum Gasteiger partial charge on any atom is -0.472 e. The molecule has 1 saturated heterocycles. The van der Waals surface area contributed by atoms with Crippen LogP contribution in [0.25, 0.3) is 0 Å². The van der Waals surface area contributed by atoms with E-state index in [1.165, 1.54) is 6.20 Å². The van der Waals surface area contributed by atoms with E-state index in [4.69, 9.17) is 9.26 Å². The molecule has 20 heavy (non-hydrogen) atoms. The molecule has 1 aliphatic heterocycles. The number of carbonyl (C=O) groups excluding carboxylic acids is 1. The number of nitrogens with zero attached hydrogens (tertiary/aromatic N) is 3. The van der Waals surface area contributed by atoms with Gasteiger partial charge in [-0.05, 0) is 13.0 Å². The summed E-state index contributed by atoms with van der Waals surface area (Å²) in [5.41, 5.74) is 0.912. The highest BCUT2D eigenvalue weighted by Crippen LogP contribution is 2.18. The molecule has 104 valence electrons. The number of amides is 1. The molecule has 1 fully saturated rings. The first-order chi connectivity index (χ1) is 9.72. The minimum atomic E-state index is -0.147. The van der Waals surface area contributed by atoms with Crippen molar-refractivity contribution >= 4 is 5.91 Å². The largest absolute Gasteiger partial charge is 0.472 e. The lowest BCUT2D eigenvalue weighted by molar-refractivity contribution is 0.0730. The van der Waals surface area contributed by atoms with Crippen molar-refractivity contribution in [1.82, 2.24) is 15.0 Å². The van der Waals surface area contributed by atoms with Gasteiger partial charge in [0.1, 0.15) is 6.10 Å². The predicted molar refractivity (Wildman–Crippen MR) is 70.4 cm³/mol. The zero-order chi connectivity index (χ0) is 13.9. The first-order valence-corrected chi connectivity index (χ1v) is 6.52. The predicted octanol–water partition coefficient (Wildman–Crippen LogP) is 1.67.